The fraction of sp³-hybridized carbons (Fsp3) is 0.200. The van der Waals surface area contributed by atoms with Crippen LogP contribution >= 0.6 is 0 Å². The molecular weight excluding hydrogens is 164 g/mol. The van der Waals surface area contributed by atoms with Crippen LogP contribution in [0.1, 0.15) is 5.56 Å². The van der Waals surface area contributed by atoms with Gasteiger partial charge in [-0.2, -0.15) is 0 Å². The predicted octanol–water partition coefficient (Wildman–Crippen LogP) is 2.44. The normalized spacial score (nSPS) is 11.2. The van der Waals surface area contributed by atoms with E-state index in [2.05, 4.69) is 6.58 Å². The van der Waals surface area contributed by atoms with Crippen LogP contribution in [0.2, 0.25) is 13.1 Å². The van der Waals surface area contributed by atoms with E-state index in [0.29, 0.717) is 0 Å². The Kier molecular flexibility index (Phi) is 2.50. The third-order valence-electron chi connectivity index (χ3n) is 1.86. The predicted molar refractivity (Wildman–Crippen MR) is 55.2 cm³/mol. The molecule has 0 radical (unpaired) electrons. The average Bonchev–Trinajstić information content (AvgIpc) is 2.03. The zero-order valence-electron chi connectivity index (χ0n) is 7.54. The Hall–Kier alpha value is -0.863. The van der Waals surface area contributed by atoms with Crippen LogP contribution in [0.3, 0.4) is 0 Å². The molecule has 0 aliphatic heterocycles. The first kappa shape index (κ1) is 9.23. The van der Waals surface area contributed by atoms with E-state index in [4.69, 9.17) is 0 Å². The van der Waals surface area contributed by atoms with Crippen LogP contribution < -0.4 is 0 Å². The van der Waals surface area contributed by atoms with Gasteiger partial charge in [0.2, 0.25) is 8.32 Å². The Morgan fingerprint density at radius 2 is 1.75 bits per heavy atom. The van der Waals surface area contributed by atoms with E-state index >= 15 is 0 Å². The topological polar surface area (TPSA) is 20.2 Å². The van der Waals surface area contributed by atoms with Gasteiger partial charge < -0.3 is 4.80 Å². The lowest BCUT2D eigenvalue weighted by atomic mass is 10.2. The molecule has 0 unspecified atom stereocenters. The minimum atomic E-state index is -2.20. The summed E-state index contributed by atoms with van der Waals surface area (Å²) < 4.78 is 0. The molecule has 1 aromatic carbocycles. The van der Waals surface area contributed by atoms with Crippen molar-refractivity contribution in [3.05, 3.63) is 42.5 Å². The van der Waals surface area contributed by atoms with Crippen molar-refractivity contribution in [2.24, 2.45) is 0 Å². The molecular formula is C10H14OSi. The number of rotatable bonds is 2. The molecule has 1 aromatic rings. The lowest BCUT2D eigenvalue weighted by Gasteiger charge is -2.17. The summed E-state index contributed by atoms with van der Waals surface area (Å²) in [4.78, 5) is 9.78. The van der Waals surface area contributed by atoms with E-state index in [9.17, 15) is 4.80 Å². The quantitative estimate of drug-likeness (QED) is 0.690. The van der Waals surface area contributed by atoms with Crippen LogP contribution in [0.25, 0.3) is 5.20 Å². The van der Waals surface area contributed by atoms with E-state index in [1.165, 1.54) is 0 Å². The summed E-state index contributed by atoms with van der Waals surface area (Å²) >= 11 is 0. The van der Waals surface area contributed by atoms with Crippen molar-refractivity contribution in [3.63, 3.8) is 0 Å². The Morgan fingerprint density at radius 3 is 2.17 bits per heavy atom. The second-order valence-electron chi connectivity index (χ2n) is 3.40. The number of hydrogen-bond donors (Lipinski definition) is 1. The maximum Gasteiger partial charge on any atom is 0.213 e. The smallest absolute Gasteiger partial charge is 0.213 e. The zero-order chi connectivity index (χ0) is 9.19. The van der Waals surface area contributed by atoms with Crippen molar-refractivity contribution in [3.8, 4) is 0 Å². The van der Waals surface area contributed by atoms with Gasteiger partial charge in [-0.05, 0) is 23.9 Å². The van der Waals surface area contributed by atoms with Crippen molar-refractivity contribution in [2.45, 2.75) is 13.1 Å². The van der Waals surface area contributed by atoms with E-state index in [1.54, 1.807) is 0 Å². The van der Waals surface area contributed by atoms with Gasteiger partial charge in [0.25, 0.3) is 0 Å². The summed E-state index contributed by atoms with van der Waals surface area (Å²) in [5.41, 5.74) is 1.05. The fourth-order valence-corrected chi connectivity index (χ4v) is 1.87. The first-order chi connectivity index (χ1) is 5.52. The van der Waals surface area contributed by atoms with Gasteiger partial charge in [0, 0.05) is 0 Å². The van der Waals surface area contributed by atoms with Gasteiger partial charge in [-0.15, -0.1) is 0 Å². The fourth-order valence-electron chi connectivity index (χ4n) is 0.993. The second kappa shape index (κ2) is 3.25. The molecule has 64 valence electrons. The minimum absolute atomic E-state index is 0.892. The third-order valence-corrected chi connectivity index (χ3v) is 3.63. The molecule has 0 amide bonds. The standard InChI is InChI=1S/C10H14OSi/c1-9(12(2,3)11)10-7-5-4-6-8-10/h4-8,11H,1H2,2-3H3. The third kappa shape index (κ3) is 2.06. The van der Waals surface area contributed by atoms with Gasteiger partial charge >= 0.3 is 0 Å². The van der Waals surface area contributed by atoms with E-state index in [0.717, 1.165) is 10.8 Å². The summed E-state index contributed by atoms with van der Waals surface area (Å²) in [5.74, 6) is 0. The Bertz CT molecular complexity index is 272. The van der Waals surface area contributed by atoms with Crippen molar-refractivity contribution in [2.75, 3.05) is 0 Å². The van der Waals surface area contributed by atoms with Gasteiger partial charge in [0.05, 0.1) is 0 Å². The van der Waals surface area contributed by atoms with Crippen molar-refractivity contribution >= 4 is 13.5 Å². The van der Waals surface area contributed by atoms with E-state index in [-0.39, 0.29) is 0 Å². The molecule has 1 N–H and O–H groups in total. The highest BCUT2D eigenvalue weighted by Crippen LogP contribution is 2.20. The van der Waals surface area contributed by atoms with Gasteiger partial charge in [-0.25, -0.2) is 0 Å². The molecule has 0 heterocycles. The zero-order valence-corrected chi connectivity index (χ0v) is 8.54. The number of benzene rings is 1. The molecule has 0 spiro atoms. The highest BCUT2D eigenvalue weighted by molar-refractivity contribution is 6.88. The van der Waals surface area contributed by atoms with Crippen LogP contribution in [0, 0.1) is 0 Å². The molecule has 1 rings (SSSR count). The molecule has 0 aliphatic carbocycles. The van der Waals surface area contributed by atoms with E-state index in [1.807, 2.05) is 43.4 Å². The van der Waals surface area contributed by atoms with Gasteiger partial charge in [-0.3, -0.25) is 0 Å². The number of hydrogen-bond acceptors (Lipinski definition) is 1. The van der Waals surface area contributed by atoms with Crippen LogP contribution in [-0.4, -0.2) is 13.1 Å². The molecule has 0 aliphatic rings. The van der Waals surface area contributed by atoms with E-state index < -0.39 is 8.32 Å². The SMILES string of the molecule is C=C(c1ccccc1)[Si](C)(C)O. The maximum atomic E-state index is 9.78. The summed E-state index contributed by atoms with van der Waals surface area (Å²) in [7, 11) is -2.20. The first-order valence-electron chi connectivity index (χ1n) is 3.99. The van der Waals surface area contributed by atoms with Gasteiger partial charge in [0.1, 0.15) is 0 Å². The molecule has 0 bridgehead atoms. The Morgan fingerprint density at radius 1 is 1.25 bits per heavy atom. The molecule has 1 nitrogen and oxygen atoms in total. The molecule has 0 fully saturated rings. The van der Waals surface area contributed by atoms with Crippen molar-refractivity contribution in [1.29, 1.82) is 0 Å². The summed E-state index contributed by atoms with van der Waals surface area (Å²) in [6, 6.07) is 9.84. The van der Waals surface area contributed by atoms with Crippen molar-refractivity contribution < 1.29 is 4.80 Å². The summed E-state index contributed by atoms with van der Waals surface area (Å²) in [6.45, 7) is 7.66. The summed E-state index contributed by atoms with van der Waals surface area (Å²) in [5, 5.41) is 0.892. The van der Waals surface area contributed by atoms with Crippen LogP contribution in [0.4, 0.5) is 0 Å². The van der Waals surface area contributed by atoms with Crippen LogP contribution in [-0.2, 0) is 0 Å². The van der Waals surface area contributed by atoms with Gasteiger partial charge in [0.15, 0.2) is 0 Å². The minimum Gasteiger partial charge on any atom is -0.428 e. The lowest BCUT2D eigenvalue weighted by Crippen LogP contribution is -2.26. The first-order valence-corrected chi connectivity index (χ1v) is 6.94. The lowest BCUT2D eigenvalue weighted by molar-refractivity contribution is 0.570. The van der Waals surface area contributed by atoms with Gasteiger partial charge in [-0.1, -0.05) is 36.9 Å². The maximum absolute atomic E-state index is 9.78. The summed E-state index contributed by atoms with van der Waals surface area (Å²) in [6.07, 6.45) is 0. The molecule has 0 saturated heterocycles. The highest BCUT2D eigenvalue weighted by atomic mass is 28.4. The molecule has 0 saturated carbocycles. The molecule has 0 atom stereocenters. The molecule has 2 heteroatoms. The largest absolute Gasteiger partial charge is 0.428 e. The van der Waals surface area contributed by atoms with Crippen LogP contribution in [0.5, 0.6) is 0 Å². The Labute approximate surface area is 74.5 Å². The second-order valence-corrected chi connectivity index (χ2v) is 7.13. The van der Waals surface area contributed by atoms with Crippen molar-refractivity contribution in [1.82, 2.24) is 0 Å². The van der Waals surface area contributed by atoms with Crippen LogP contribution in [0.15, 0.2) is 36.9 Å². The monoisotopic (exact) mass is 178 g/mol. The molecule has 12 heavy (non-hydrogen) atoms. The molecule has 0 aromatic heterocycles. The Balaban J connectivity index is 2.94. The average molecular weight is 178 g/mol. The highest BCUT2D eigenvalue weighted by Gasteiger charge is 2.22.